The van der Waals surface area contributed by atoms with E-state index < -0.39 is 0 Å². The van der Waals surface area contributed by atoms with Crippen LogP contribution in [0.5, 0.6) is 0 Å². The third-order valence-electron chi connectivity index (χ3n) is 1.86. The van der Waals surface area contributed by atoms with E-state index in [2.05, 4.69) is 5.32 Å². The highest BCUT2D eigenvalue weighted by molar-refractivity contribution is 6.33. The van der Waals surface area contributed by atoms with Crippen molar-refractivity contribution >= 4 is 17.3 Å². The Labute approximate surface area is 83.5 Å². The van der Waals surface area contributed by atoms with Crippen LogP contribution < -0.4 is 5.32 Å². The number of rotatable bonds is 4. The Kier molecular flexibility index (Phi) is 4.06. The maximum Gasteiger partial charge on any atom is 0.0640 e. The molecule has 0 atom stereocenters. The minimum absolute atomic E-state index is 0.205. The molecule has 0 spiro atoms. The van der Waals surface area contributed by atoms with Crippen molar-refractivity contribution in [2.45, 2.75) is 13.3 Å². The first-order valence-electron chi connectivity index (χ1n) is 4.35. The van der Waals surface area contributed by atoms with Gasteiger partial charge in [-0.3, -0.25) is 0 Å². The Hall–Kier alpha value is -0.730. The van der Waals surface area contributed by atoms with Gasteiger partial charge in [0, 0.05) is 13.2 Å². The molecule has 0 saturated heterocycles. The molecule has 1 aromatic rings. The summed E-state index contributed by atoms with van der Waals surface area (Å²) in [5, 5.41) is 12.5. The number of hydrogen-bond donors (Lipinski definition) is 2. The van der Waals surface area contributed by atoms with Gasteiger partial charge in [-0.05, 0) is 25.0 Å². The molecule has 0 aliphatic carbocycles. The lowest BCUT2D eigenvalue weighted by Crippen LogP contribution is -2.05. The number of aliphatic hydroxyl groups excluding tert-OH is 1. The molecule has 2 N–H and O–H groups in total. The number of benzene rings is 1. The van der Waals surface area contributed by atoms with Crippen molar-refractivity contribution in [2.24, 2.45) is 0 Å². The van der Waals surface area contributed by atoms with Gasteiger partial charge in [-0.2, -0.15) is 0 Å². The van der Waals surface area contributed by atoms with Crippen molar-refractivity contribution < 1.29 is 5.11 Å². The lowest BCUT2D eigenvalue weighted by molar-refractivity contribution is 0.292. The van der Waals surface area contributed by atoms with Gasteiger partial charge in [0.05, 0.1) is 10.7 Å². The summed E-state index contributed by atoms with van der Waals surface area (Å²) in [5.41, 5.74) is 2.10. The van der Waals surface area contributed by atoms with Gasteiger partial charge in [-0.15, -0.1) is 0 Å². The van der Waals surface area contributed by atoms with Gasteiger partial charge in [-0.25, -0.2) is 0 Å². The second-order valence-corrected chi connectivity index (χ2v) is 3.34. The molecule has 3 heteroatoms. The number of aryl methyl sites for hydroxylation is 1. The van der Waals surface area contributed by atoms with Crippen molar-refractivity contribution in [1.29, 1.82) is 0 Å². The molecule has 72 valence electrons. The van der Waals surface area contributed by atoms with Gasteiger partial charge in [-0.1, -0.05) is 23.7 Å². The van der Waals surface area contributed by atoms with Gasteiger partial charge in [0.1, 0.15) is 0 Å². The maximum atomic E-state index is 8.61. The van der Waals surface area contributed by atoms with Gasteiger partial charge in [0.2, 0.25) is 0 Å². The Morgan fingerprint density at radius 1 is 1.46 bits per heavy atom. The largest absolute Gasteiger partial charge is 0.396 e. The van der Waals surface area contributed by atoms with Crippen LogP contribution in [0.15, 0.2) is 18.2 Å². The Morgan fingerprint density at radius 2 is 2.23 bits per heavy atom. The summed E-state index contributed by atoms with van der Waals surface area (Å²) in [4.78, 5) is 0. The van der Waals surface area contributed by atoms with E-state index in [4.69, 9.17) is 16.7 Å². The topological polar surface area (TPSA) is 32.3 Å². The van der Waals surface area contributed by atoms with Crippen LogP contribution in [0.3, 0.4) is 0 Å². The minimum Gasteiger partial charge on any atom is -0.396 e. The first-order valence-corrected chi connectivity index (χ1v) is 4.73. The Balaban J connectivity index is 2.64. The standard InChI is InChI=1S/C10H14ClNO/c1-8-4-2-5-9(11)10(8)12-6-3-7-13/h2,4-5,12-13H,3,6-7H2,1H3. The highest BCUT2D eigenvalue weighted by Crippen LogP contribution is 2.24. The summed E-state index contributed by atoms with van der Waals surface area (Å²) in [7, 11) is 0. The van der Waals surface area contributed by atoms with Crippen molar-refractivity contribution in [3.05, 3.63) is 28.8 Å². The first-order chi connectivity index (χ1) is 6.25. The Bertz CT molecular complexity index is 255. The van der Waals surface area contributed by atoms with Gasteiger partial charge < -0.3 is 10.4 Å². The lowest BCUT2D eigenvalue weighted by atomic mass is 10.2. The zero-order valence-electron chi connectivity index (χ0n) is 7.68. The number of anilines is 1. The molecule has 0 aliphatic heterocycles. The molecule has 0 radical (unpaired) electrons. The summed E-state index contributed by atoms with van der Waals surface area (Å²) in [6.45, 7) is 2.96. The summed E-state index contributed by atoms with van der Waals surface area (Å²) < 4.78 is 0. The molecular formula is C10H14ClNO. The van der Waals surface area contributed by atoms with Crippen LogP contribution in [0.1, 0.15) is 12.0 Å². The van der Waals surface area contributed by atoms with E-state index in [0.29, 0.717) is 0 Å². The molecule has 0 aromatic heterocycles. The van der Waals surface area contributed by atoms with E-state index in [9.17, 15) is 0 Å². The highest BCUT2D eigenvalue weighted by atomic mass is 35.5. The van der Waals surface area contributed by atoms with E-state index in [-0.39, 0.29) is 6.61 Å². The van der Waals surface area contributed by atoms with Crippen molar-refractivity contribution in [3.8, 4) is 0 Å². The summed E-state index contributed by atoms with van der Waals surface area (Å²) in [6, 6.07) is 5.79. The van der Waals surface area contributed by atoms with Crippen LogP contribution in [0.4, 0.5) is 5.69 Å². The molecule has 1 aromatic carbocycles. The number of halogens is 1. The van der Waals surface area contributed by atoms with E-state index in [1.54, 1.807) is 0 Å². The van der Waals surface area contributed by atoms with Crippen LogP contribution in [-0.2, 0) is 0 Å². The fourth-order valence-corrected chi connectivity index (χ4v) is 1.44. The molecule has 0 heterocycles. The van der Waals surface area contributed by atoms with Crippen LogP contribution in [0.2, 0.25) is 5.02 Å². The van der Waals surface area contributed by atoms with Crippen molar-refractivity contribution in [1.82, 2.24) is 0 Å². The second-order valence-electron chi connectivity index (χ2n) is 2.94. The van der Waals surface area contributed by atoms with E-state index >= 15 is 0 Å². The molecule has 0 unspecified atom stereocenters. The molecular weight excluding hydrogens is 186 g/mol. The van der Waals surface area contributed by atoms with E-state index in [1.165, 1.54) is 0 Å². The van der Waals surface area contributed by atoms with Crippen molar-refractivity contribution in [3.63, 3.8) is 0 Å². The van der Waals surface area contributed by atoms with Crippen LogP contribution in [0, 0.1) is 6.92 Å². The predicted octanol–water partition coefficient (Wildman–Crippen LogP) is 2.44. The predicted molar refractivity (Wildman–Crippen MR) is 56.4 cm³/mol. The number of para-hydroxylation sites is 1. The molecule has 0 bridgehead atoms. The average Bonchev–Trinajstić information content (AvgIpc) is 2.10. The second kappa shape index (κ2) is 5.10. The Morgan fingerprint density at radius 3 is 2.85 bits per heavy atom. The molecule has 0 fully saturated rings. The third-order valence-corrected chi connectivity index (χ3v) is 2.17. The van der Waals surface area contributed by atoms with Gasteiger partial charge in [0.15, 0.2) is 0 Å². The monoisotopic (exact) mass is 199 g/mol. The molecule has 0 saturated carbocycles. The van der Waals surface area contributed by atoms with Crippen LogP contribution in [-0.4, -0.2) is 18.3 Å². The molecule has 1 rings (SSSR count). The number of nitrogens with one attached hydrogen (secondary N) is 1. The fraction of sp³-hybridized carbons (Fsp3) is 0.400. The summed E-state index contributed by atoms with van der Waals surface area (Å²) in [5.74, 6) is 0. The minimum atomic E-state index is 0.205. The smallest absolute Gasteiger partial charge is 0.0640 e. The average molecular weight is 200 g/mol. The number of hydrogen-bond acceptors (Lipinski definition) is 2. The van der Waals surface area contributed by atoms with E-state index in [1.807, 2.05) is 25.1 Å². The highest BCUT2D eigenvalue weighted by Gasteiger charge is 2.01. The summed E-state index contributed by atoms with van der Waals surface area (Å²) in [6.07, 6.45) is 0.741. The zero-order chi connectivity index (χ0) is 9.68. The first kappa shape index (κ1) is 10.4. The van der Waals surface area contributed by atoms with Gasteiger partial charge in [0.25, 0.3) is 0 Å². The fourth-order valence-electron chi connectivity index (χ4n) is 1.15. The number of aliphatic hydroxyl groups is 1. The molecule has 13 heavy (non-hydrogen) atoms. The van der Waals surface area contributed by atoms with E-state index in [0.717, 1.165) is 29.2 Å². The van der Waals surface area contributed by atoms with Crippen LogP contribution >= 0.6 is 11.6 Å². The zero-order valence-corrected chi connectivity index (χ0v) is 8.43. The van der Waals surface area contributed by atoms with Crippen molar-refractivity contribution in [2.75, 3.05) is 18.5 Å². The lowest BCUT2D eigenvalue weighted by Gasteiger charge is -2.10. The maximum absolute atomic E-state index is 8.61. The molecule has 2 nitrogen and oxygen atoms in total. The SMILES string of the molecule is Cc1cccc(Cl)c1NCCCO. The molecule has 0 amide bonds. The third kappa shape index (κ3) is 2.90. The quantitative estimate of drug-likeness (QED) is 0.731. The normalized spacial score (nSPS) is 10.1. The van der Waals surface area contributed by atoms with Crippen LogP contribution in [0.25, 0.3) is 0 Å². The van der Waals surface area contributed by atoms with Gasteiger partial charge >= 0.3 is 0 Å². The molecule has 0 aliphatic rings. The summed E-state index contributed by atoms with van der Waals surface area (Å²) >= 11 is 5.98.